The average Bonchev–Trinajstić information content (AvgIpc) is 3.24. The summed E-state index contributed by atoms with van der Waals surface area (Å²) >= 11 is 1.20. The summed E-state index contributed by atoms with van der Waals surface area (Å²) in [5.74, 6) is 0.578. The summed E-state index contributed by atoms with van der Waals surface area (Å²) in [5.41, 5.74) is 2.49. The minimum absolute atomic E-state index is 0.0756. The highest BCUT2D eigenvalue weighted by Crippen LogP contribution is 2.36. The van der Waals surface area contributed by atoms with E-state index in [2.05, 4.69) is 23.7 Å². The van der Waals surface area contributed by atoms with Crippen molar-refractivity contribution < 1.29 is 24.1 Å². The molecule has 0 spiro atoms. The van der Waals surface area contributed by atoms with Gasteiger partial charge in [-0.05, 0) is 70.5 Å². The fourth-order valence-corrected chi connectivity index (χ4v) is 5.86. The molecule has 0 saturated carbocycles. The van der Waals surface area contributed by atoms with Gasteiger partial charge in [0, 0.05) is 30.4 Å². The van der Waals surface area contributed by atoms with Crippen LogP contribution in [0.4, 0.5) is 5.69 Å². The summed E-state index contributed by atoms with van der Waals surface area (Å²) in [5, 5.41) is 10.8. The van der Waals surface area contributed by atoms with E-state index in [-0.39, 0.29) is 23.5 Å². The van der Waals surface area contributed by atoms with Crippen LogP contribution in [-0.2, 0) is 9.53 Å². The summed E-state index contributed by atoms with van der Waals surface area (Å²) in [7, 11) is 1.55. The molecule has 9 nitrogen and oxygen atoms in total. The Morgan fingerprint density at radius 3 is 2.48 bits per heavy atom. The first kappa shape index (κ1) is 28.9. The van der Waals surface area contributed by atoms with Crippen LogP contribution >= 0.6 is 11.3 Å². The molecule has 0 radical (unpaired) electrons. The van der Waals surface area contributed by atoms with Crippen LogP contribution in [0.15, 0.2) is 57.5 Å². The zero-order valence-corrected chi connectivity index (χ0v) is 24.5. The number of anilines is 1. The normalized spacial score (nSPS) is 14.9. The zero-order valence-electron chi connectivity index (χ0n) is 23.7. The average molecular weight is 566 g/mol. The van der Waals surface area contributed by atoms with Crippen molar-refractivity contribution in [2.24, 2.45) is 4.99 Å². The van der Waals surface area contributed by atoms with Gasteiger partial charge >= 0.3 is 5.97 Å². The minimum atomic E-state index is -0.791. The number of hydrogen-bond acceptors (Lipinski definition) is 9. The highest BCUT2D eigenvalue weighted by atomic mass is 32.1. The zero-order chi connectivity index (χ0) is 29.0. The number of carbonyl (C=O) groups is 1. The van der Waals surface area contributed by atoms with Crippen molar-refractivity contribution in [1.29, 1.82) is 0 Å². The first-order chi connectivity index (χ1) is 19.3. The number of ether oxygens (including phenoxy) is 3. The summed E-state index contributed by atoms with van der Waals surface area (Å²) in [6, 6.07) is 9.97. The molecule has 2 heterocycles. The van der Waals surface area contributed by atoms with Gasteiger partial charge in [-0.3, -0.25) is 9.36 Å². The lowest BCUT2D eigenvalue weighted by molar-refractivity contribution is -0.139. The Morgan fingerprint density at radius 2 is 1.85 bits per heavy atom. The van der Waals surface area contributed by atoms with Crippen LogP contribution in [0.2, 0.25) is 0 Å². The molecular weight excluding hydrogens is 530 g/mol. The summed E-state index contributed by atoms with van der Waals surface area (Å²) < 4.78 is 18.5. The molecule has 1 aromatic heterocycles. The van der Waals surface area contributed by atoms with Crippen molar-refractivity contribution in [3.63, 3.8) is 0 Å². The largest absolute Gasteiger partial charge is 0.507 e. The van der Waals surface area contributed by atoms with Crippen LogP contribution in [0.3, 0.4) is 0 Å². The van der Waals surface area contributed by atoms with E-state index < -0.39 is 12.0 Å². The molecule has 2 aromatic carbocycles. The van der Waals surface area contributed by atoms with E-state index in [1.807, 2.05) is 13.0 Å². The summed E-state index contributed by atoms with van der Waals surface area (Å²) in [6.45, 7) is 11.7. The van der Waals surface area contributed by atoms with Gasteiger partial charge in [-0.25, -0.2) is 9.79 Å². The van der Waals surface area contributed by atoms with Gasteiger partial charge in [-0.2, -0.15) is 0 Å². The van der Waals surface area contributed by atoms with Gasteiger partial charge in [0.1, 0.15) is 5.75 Å². The Morgan fingerprint density at radius 1 is 1.10 bits per heavy atom. The minimum Gasteiger partial charge on any atom is -0.507 e. The Hall–Kier alpha value is -4.05. The fourth-order valence-electron chi connectivity index (χ4n) is 4.82. The highest BCUT2D eigenvalue weighted by Gasteiger charge is 2.34. The fraction of sp³-hybridized carbons (Fsp3) is 0.367. The second-order valence-electron chi connectivity index (χ2n) is 9.06. The molecule has 1 aliphatic heterocycles. The van der Waals surface area contributed by atoms with Crippen LogP contribution in [-0.4, -0.2) is 49.1 Å². The Kier molecular flexibility index (Phi) is 8.99. The van der Waals surface area contributed by atoms with Crippen molar-refractivity contribution in [2.45, 2.75) is 40.7 Å². The van der Waals surface area contributed by atoms with Gasteiger partial charge in [-0.1, -0.05) is 17.4 Å². The van der Waals surface area contributed by atoms with E-state index in [1.165, 1.54) is 15.9 Å². The molecule has 0 amide bonds. The van der Waals surface area contributed by atoms with Crippen molar-refractivity contribution in [1.82, 2.24) is 4.57 Å². The van der Waals surface area contributed by atoms with Crippen LogP contribution in [0.25, 0.3) is 6.08 Å². The standard InChI is InChI=1S/C30H35N3O6S/c1-7-32(8-2)21-13-11-19(22(34)17-21)16-25-28(35)33-27(20-12-14-23(37-6)24(15-20)38-9-3)26(29(36)39-10-4)18(5)31-30(33)40-25/h11-17,27,34H,7-10H2,1-6H3/b25-16+. The number of thiazole rings is 1. The van der Waals surface area contributed by atoms with Gasteiger partial charge in [0.2, 0.25) is 0 Å². The summed E-state index contributed by atoms with van der Waals surface area (Å²) in [4.78, 5) is 34.3. The van der Waals surface area contributed by atoms with Crippen LogP contribution in [0, 0.1) is 0 Å². The molecule has 0 saturated heterocycles. The van der Waals surface area contributed by atoms with E-state index in [0.29, 0.717) is 44.3 Å². The number of fused-ring (bicyclic) bond motifs is 1. The third kappa shape index (κ3) is 5.49. The van der Waals surface area contributed by atoms with E-state index >= 15 is 0 Å². The van der Waals surface area contributed by atoms with Crippen molar-refractivity contribution >= 4 is 29.1 Å². The van der Waals surface area contributed by atoms with E-state index in [0.717, 1.165) is 18.8 Å². The molecule has 1 N–H and O–H groups in total. The number of methoxy groups -OCH3 is 1. The molecule has 0 bridgehead atoms. The van der Waals surface area contributed by atoms with Crippen molar-refractivity contribution in [3.05, 3.63) is 78.5 Å². The topological polar surface area (TPSA) is 103 Å². The summed E-state index contributed by atoms with van der Waals surface area (Å²) in [6.07, 6.45) is 1.66. The number of phenolic OH excluding ortho intramolecular Hbond substituents is 1. The molecule has 1 atom stereocenters. The first-order valence-electron chi connectivity index (χ1n) is 13.4. The van der Waals surface area contributed by atoms with Crippen molar-refractivity contribution in [2.75, 3.05) is 38.3 Å². The second-order valence-corrected chi connectivity index (χ2v) is 10.1. The number of aromatic hydroxyl groups is 1. The van der Waals surface area contributed by atoms with Gasteiger partial charge < -0.3 is 24.2 Å². The monoisotopic (exact) mass is 565 g/mol. The third-order valence-electron chi connectivity index (χ3n) is 6.75. The number of rotatable bonds is 10. The molecule has 1 aliphatic rings. The third-order valence-corrected chi connectivity index (χ3v) is 7.73. The number of nitrogens with zero attached hydrogens (tertiary/aromatic N) is 3. The number of benzene rings is 2. The molecule has 0 aliphatic carbocycles. The van der Waals surface area contributed by atoms with E-state index in [4.69, 9.17) is 14.2 Å². The highest BCUT2D eigenvalue weighted by molar-refractivity contribution is 7.07. The number of aromatic nitrogens is 1. The number of esters is 1. The predicted molar refractivity (Wildman–Crippen MR) is 156 cm³/mol. The number of allylic oxidation sites excluding steroid dienone is 1. The van der Waals surface area contributed by atoms with Crippen LogP contribution < -0.4 is 29.3 Å². The number of phenols is 1. The maximum absolute atomic E-state index is 13.9. The first-order valence-corrected chi connectivity index (χ1v) is 14.2. The van der Waals surface area contributed by atoms with E-state index in [1.54, 1.807) is 57.4 Å². The molecular formula is C30H35N3O6S. The molecule has 3 aromatic rings. The van der Waals surface area contributed by atoms with Crippen LogP contribution in [0.1, 0.15) is 51.8 Å². The Labute approximate surface area is 237 Å². The molecule has 4 rings (SSSR count). The predicted octanol–water partition coefficient (Wildman–Crippen LogP) is 3.76. The maximum atomic E-state index is 13.9. The molecule has 212 valence electrons. The molecule has 1 unspecified atom stereocenters. The molecule has 40 heavy (non-hydrogen) atoms. The van der Waals surface area contributed by atoms with Crippen LogP contribution in [0.5, 0.6) is 17.2 Å². The smallest absolute Gasteiger partial charge is 0.338 e. The van der Waals surface area contributed by atoms with Gasteiger partial charge in [0.05, 0.1) is 42.2 Å². The molecule has 10 heteroatoms. The SMILES string of the molecule is CCOC(=O)C1=C(C)N=c2s/c(=C/c3ccc(N(CC)CC)cc3O)c(=O)n2C1c1ccc(OC)c(OCC)c1. The number of carbonyl (C=O) groups excluding carboxylic acids is 1. The second kappa shape index (κ2) is 12.4. The Balaban J connectivity index is 1.91. The van der Waals surface area contributed by atoms with E-state index in [9.17, 15) is 14.7 Å². The number of hydrogen-bond donors (Lipinski definition) is 1. The lowest BCUT2D eigenvalue weighted by atomic mass is 9.95. The lowest BCUT2D eigenvalue weighted by Gasteiger charge is -2.25. The molecule has 0 fully saturated rings. The van der Waals surface area contributed by atoms with Gasteiger partial charge in [-0.15, -0.1) is 0 Å². The van der Waals surface area contributed by atoms with Crippen molar-refractivity contribution in [3.8, 4) is 17.2 Å². The Bertz CT molecular complexity index is 1620. The lowest BCUT2D eigenvalue weighted by Crippen LogP contribution is -2.40. The maximum Gasteiger partial charge on any atom is 0.338 e. The quantitative estimate of drug-likeness (QED) is 0.374. The van der Waals surface area contributed by atoms with Gasteiger partial charge in [0.15, 0.2) is 16.3 Å². The van der Waals surface area contributed by atoms with Gasteiger partial charge in [0.25, 0.3) is 5.56 Å².